The first kappa shape index (κ1) is 21.2. The number of guanidine groups is 1. The number of nitrogens with one attached hydrogen (secondary N) is 2. The van der Waals surface area contributed by atoms with E-state index in [1.165, 1.54) is 37.1 Å². The fraction of sp³-hybridized carbons (Fsp3) is 0.611. The monoisotopic (exact) mass is 446 g/mol. The molecule has 0 saturated carbocycles. The van der Waals surface area contributed by atoms with Crippen LogP contribution in [0.1, 0.15) is 30.0 Å². The highest BCUT2D eigenvalue weighted by atomic mass is 127. The van der Waals surface area contributed by atoms with Gasteiger partial charge < -0.3 is 15.4 Å². The minimum atomic E-state index is 0. The van der Waals surface area contributed by atoms with Gasteiger partial charge in [0.2, 0.25) is 0 Å². The Labute approximate surface area is 163 Å². The topological polar surface area (TPSA) is 48.9 Å². The lowest BCUT2D eigenvalue weighted by Crippen LogP contribution is -2.43. The van der Waals surface area contributed by atoms with Crippen LogP contribution < -0.4 is 10.6 Å². The largest absolute Gasteiger partial charge is 0.383 e. The molecule has 0 aromatic heterocycles. The molecule has 1 aromatic carbocycles. The SMILES string of the molecule is CN=C(NCCOC)NCC(c1ccc(C)cc1)N1CCCC1.I. The molecule has 24 heavy (non-hydrogen) atoms. The van der Waals surface area contributed by atoms with Crippen LogP contribution in [0.5, 0.6) is 0 Å². The lowest BCUT2D eigenvalue weighted by atomic mass is 10.0. The third kappa shape index (κ3) is 6.57. The normalized spacial score (nSPS) is 16.5. The molecule has 1 unspecified atom stereocenters. The minimum Gasteiger partial charge on any atom is -0.383 e. The average Bonchev–Trinajstić information content (AvgIpc) is 3.09. The lowest BCUT2D eigenvalue weighted by molar-refractivity contribution is 0.203. The van der Waals surface area contributed by atoms with E-state index >= 15 is 0 Å². The summed E-state index contributed by atoms with van der Waals surface area (Å²) >= 11 is 0. The summed E-state index contributed by atoms with van der Waals surface area (Å²) in [7, 11) is 3.51. The molecule has 1 aromatic rings. The van der Waals surface area contributed by atoms with Crippen LogP contribution in [0.4, 0.5) is 0 Å². The van der Waals surface area contributed by atoms with Crippen LogP contribution in [0.3, 0.4) is 0 Å². The van der Waals surface area contributed by atoms with E-state index in [9.17, 15) is 0 Å². The van der Waals surface area contributed by atoms with Crippen LogP contribution in [0.2, 0.25) is 0 Å². The second-order valence-electron chi connectivity index (χ2n) is 6.04. The summed E-state index contributed by atoms with van der Waals surface area (Å²) in [5.74, 6) is 0.832. The van der Waals surface area contributed by atoms with Gasteiger partial charge in [0.15, 0.2) is 5.96 Å². The summed E-state index contributed by atoms with van der Waals surface area (Å²) < 4.78 is 5.07. The van der Waals surface area contributed by atoms with Crippen molar-refractivity contribution < 1.29 is 4.74 Å². The molecule has 0 aliphatic carbocycles. The summed E-state index contributed by atoms with van der Waals surface area (Å²) in [5.41, 5.74) is 2.68. The molecule has 1 saturated heterocycles. The van der Waals surface area contributed by atoms with E-state index in [-0.39, 0.29) is 24.0 Å². The maximum absolute atomic E-state index is 5.07. The van der Waals surface area contributed by atoms with E-state index in [0.717, 1.165) is 19.0 Å². The molecular weight excluding hydrogens is 415 g/mol. The van der Waals surface area contributed by atoms with E-state index in [1.807, 2.05) is 0 Å². The molecule has 0 spiro atoms. The molecule has 6 heteroatoms. The van der Waals surface area contributed by atoms with Crippen LogP contribution in [0, 0.1) is 6.92 Å². The van der Waals surface area contributed by atoms with Crippen molar-refractivity contribution >= 4 is 29.9 Å². The van der Waals surface area contributed by atoms with Gasteiger partial charge in [-0.2, -0.15) is 0 Å². The fourth-order valence-corrected chi connectivity index (χ4v) is 2.99. The molecule has 0 amide bonds. The smallest absolute Gasteiger partial charge is 0.191 e. The number of likely N-dealkylation sites (tertiary alicyclic amines) is 1. The second kappa shape index (κ2) is 11.7. The van der Waals surface area contributed by atoms with Gasteiger partial charge in [-0.1, -0.05) is 29.8 Å². The molecule has 1 fully saturated rings. The van der Waals surface area contributed by atoms with Crippen molar-refractivity contribution in [1.29, 1.82) is 0 Å². The van der Waals surface area contributed by atoms with E-state index < -0.39 is 0 Å². The standard InChI is InChI=1S/C18H30N4O.HI/c1-15-6-8-16(9-7-15)17(22-11-4-5-12-22)14-21-18(19-2)20-10-13-23-3;/h6-9,17H,4-5,10-14H2,1-3H3,(H2,19,20,21);1H. The van der Waals surface area contributed by atoms with Crippen molar-refractivity contribution in [3.8, 4) is 0 Å². The Kier molecular flexibility index (Phi) is 10.3. The number of benzene rings is 1. The number of methoxy groups -OCH3 is 1. The first-order chi connectivity index (χ1) is 11.2. The zero-order valence-corrected chi connectivity index (χ0v) is 17.4. The average molecular weight is 446 g/mol. The van der Waals surface area contributed by atoms with Crippen molar-refractivity contribution in [2.75, 3.05) is 46.9 Å². The van der Waals surface area contributed by atoms with Gasteiger partial charge in [0.05, 0.1) is 12.6 Å². The van der Waals surface area contributed by atoms with Gasteiger partial charge in [0.1, 0.15) is 0 Å². The van der Waals surface area contributed by atoms with Crippen LogP contribution in [0.25, 0.3) is 0 Å². The van der Waals surface area contributed by atoms with Gasteiger partial charge in [-0.15, -0.1) is 24.0 Å². The molecular formula is C18H31IN4O. The predicted octanol–water partition coefficient (Wildman–Crippen LogP) is 2.56. The van der Waals surface area contributed by atoms with E-state index in [1.54, 1.807) is 14.2 Å². The number of aliphatic imine (C=N–C) groups is 1. The summed E-state index contributed by atoms with van der Waals surface area (Å²) in [5, 5.41) is 6.73. The summed E-state index contributed by atoms with van der Waals surface area (Å²) in [6.45, 7) is 6.78. The van der Waals surface area contributed by atoms with Crippen molar-refractivity contribution in [3.05, 3.63) is 35.4 Å². The summed E-state index contributed by atoms with van der Waals surface area (Å²) in [6, 6.07) is 9.29. The number of hydrogen-bond donors (Lipinski definition) is 2. The first-order valence-electron chi connectivity index (χ1n) is 8.48. The highest BCUT2D eigenvalue weighted by molar-refractivity contribution is 14.0. The highest BCUT2D eigenvalue weighted by Gasteiger charge is 2.23. The van der Waals surface area contributed by atoms with Crippen molar-refractivity contribution in [3.63, 3.8) is 0 Å². The number of nitrogens with zero attached hydrogens (tertiary/aromatic N) is 2. The van der Waals surface area contributed by atoms with Gasteiger partial charge >= 0.3 is 0 Å². The molecule has 1 aliphatic rings. The van der Waals surface area contributed by atoms with E-state index in [2.05, 4.69) is 51.7 Å². The Morgan fingerprint density at radius 3 is 2.46 bits per heavy atom. The molecule has 1 atom stereocenters. The molecule has 0 bridgehead atoms. The Hall–Kier alpha value is -0.860. The number of hydrogen-bond acceptors (Lipinski definition) is 3. The second-order valence-corrected chi connectivity index (χ2v) is 6.04. The fourth-order valence-electron chi connectivity index (χ4n) is 2.99. The van der Waals surface area contributed by atoms with Gasteiger partial charge in [-0.25, -0.2) is 0 Å². The molecule has 1 aliphatic heterocycles. The van der Waals surface area contributed by atoms with Gasteiger partial charge in [0, 0.05) is 27.2 Å². The van der Waals surface area contributed by atoms with Crippen LogP contribution in [0.15, 0.2) is 29.3 Å². The quantitative estimate of drug-likeness (QED) is 0.293. The van der Waals surface area contributed by atoms with E-state index in [0.29, 0.717) is 12.6 Å². The maximum Gasteiger partial charge on any atom is 0.191 e. The lowest BCUT2D eigenvalue weighted by Gasteiger charge is -2.29. The van der Waals surface area contributed by atoms with Crippen molar-refractivity contribution in [2.24, 2.45) is 4.99 Å². The Morgan fingerprint density at radius 2 is 1.88 bits per heavy atom. The van der Waals surface area contributed by atoms with Crippen LogP contribution in [-0.2, 0) is 4.74 Å². The summed E-state index contributed by atoms with van der Waals surface area (Å²) in [4.78, 5) is 6.86. The predicted molar refractivity (Wildman–Crippen MR) is 111 cm³/mol. The van der Waals surface area contributed by atoms with Crippen molar-refractivity contribution in [1.82, 2.24) is 15.5 Å². The molecule has 0 radical (unpaired) electrons. The van der Waals surface area contributed by atoms with Gasteiger partial charge in [-0.05, 0) is 38.4 Å². The van der Waals surface area contributed by atoms with Gasteiger partial charge in [-0.3, -0.25) is 9.89 Å². The summed E-state index contributed by atoms with van der Waals surface area (Å²) in [6.07, 6.45) is 2.59. The Morgan fingerprint density at radius 1 is 1.21 bits per heavy atom. The maximum atomic E-state index is 5.07. The third-order valence-corrected chi connectivity index (χ3v) is 4.33. The van der Waals surface area contributed by atoms with Gasteiger partial charge in [0.25, 0.3) is 0 Å². The zero-order valence-electron chi connectivity index (χ0n) is 15.0. The van der Waals surface area contributed by atoms with Crippen LogP contribution >= 0.6 is 24.0 Å². The molecule has 2 rings (SSSR count). The highest BCUT2D eigenvalue weighted by Crippen LogP contribution is 2.24. The Bertz CT molecular complexity index is 486. The molecule has 1 heterocycles. The molecule has 136 valence electrons. The first-order valence-corrected chi connectivity index (χ1v) is 8.48. The van der Waals surface area contributed by atoms with Crippen LogP contribution in [-0.4, -0.2) is 57.8 Å². The number of ether oxygens (including phenoxy) is 1. The zero-order chi connectivity index (χ0) is 16.5. The number of rotatable bonds is 7. The molecule has 2 N–H and O–H groups in total. The minimum absolute atomic E-state index is 0. The van der Waals surface area contributed by atoms with Crippen molar-refractivity contribution in [2.45, 2.75) is 25.8 Å². The number of aryl methyl sites for hydroxylation is 1. The Balaban J connectivity index is 0.00000288. The molecule has 5 nitrogen and oxygen atoms in total. The number of halogens is 1. The van der Waals surface area contributed by atoms with E-state index in [4.69, 9.17) is 4.74 Å². The third-order valence-electron chi connectivity index (χ3n) is 4.33.